The second-order valence-electron chi connectivity index (χ2n) is 3.28. The van der Waals surface area contributed by atoms with Crippen molar-refractivity contribution >= 4 is 15.9 Å². The molecule has 0 aliphatic rings. The summed E-state index contributed by atoms with van der Waals surface area (Å²) in [6.45, 7) is 0. The zero-order chi connectivity index (χ0) is 11.5. The molecule has 0 saturated heterocycles. The van der Waals surface area contributed by atoms with Crippen LogP contribution in [-0.4, -0.2) is 4.98 Å². The van der Waals surface area contributed by atoms with Crippen LogP contribution in [0.15, 0.2) is 36.5 Å². The molecule has 0 fully saturated rings. The normalized spacial score (nSPS) is 10.4. The highest BCUT2D eigenvalue weighted by molar-refractivity contribution is 9.08. The lowest BCUT2D eigenvalue weighted by Crippen LogP contribution is -1.93. The van der Waals surface area contributed by atoms with Crippen molar-refractivity contribution < 1.29 is 8.78 Å². The van der Waals surface area contributed by atoms with Crippen LogP contribution in [0.4, 0.5) is 8.78 Å². The van der Waals surface area contributed by atoms with Gasteiger partial charge in [0, 0.05) is 22.7 Å². The standard InChI is InChI=1S/C12H8BrF2N/c13-6-8-5-12(15)16-7-10(8)9-3-1-2-4-11(9)14/h1-5,7H,6H2. The van der Waals surface area contributed by atoms with E-state index in [9.17, 15) is 8.78 Å². The molecule has 0 unspecified atom stereocenters. The van der Waals surface area contributed by atoms with Crippen LogP contribution in [0.25, 0.3) is 11.1 Å². The molecule has 0 bridgehead atoms. The van der Waals surface area contributed by atoms with Gasteiger partial charge in [0.2, 0.25) is 5.95 Å². The summed E-state index contributed by atoms with van der Waals surface area (Å²) in [6.07, 6.45) is 1.35. The Balaban J connectivity index is 2.60. The second kappa shape index (κ2) is 4.70. The Kier molecular flexibility index (Phi) is 3.29. The number of halogens is 3. The Morgan fingerprint density at radius 3 is 2.56 bits per heavy atom. The van der Waals surface area contributed by atoms with Crippen LogP contribution < -0.4 is 0 Å². The van der Waals surface area contributed by atoms with Crippen LogP contribution in [0, 0.1) is 11.8 Å². The fourth-order valence-corrected chi connectivity index (χ4v) is 1.96. The molecule has 1 aromatic heterocycles. The molecule has 0 N–H and O–H groups in total. The molecule has 0 radical (unpaired) electrons. The number of alkyl halides is 1. The van der Waals surface area contributed by atoms with Gasteiger partial charge in [0.15, 0.2) is 0 Å². The average molecular weight is 284 g/mol. The van der Waals surface area contributed by atoms with Gasteiger partial charge in [-0.1, -0.05) is 34.1 Å². The third-order valence-corrected chi connectivity index (χ3v) is 2.87. The maximum absolute atomic E-state index is 13.6. The molecule has 82 valence electrons. The lowest BCUT2D eigenvalue weighted by atomic mass is 10.0. The molecular formula is C12H8BrF2N. The van der Waals surface area contributed by atoms with Crippen molar-refractivity contribution in [3.8, 4) is 11.1 Å². The molecule has 0 atom stereocenters. The zero-order valence-corrected chi connectivity index (χ0v) is 9.84. The summed E-state index contributed by atoms with van der Waals surface area (Å²) in [5.41, 5.74) is 1.72. The molecule has 4 heteroatoms. The fourth-order valence-electron chi connectivity index (χ4n) is 1.50. The van der Waals surface area contributed by atoms with E-state index >= 15 is 0 Å². The van der Waals surface area contributed by atoms with Gasteiger partial charge in [-0.15, -0.1) is 0 Å². The van der Waals surface area contributed by atoms with E-state index < -0.39 is 5.95 Å². The molecule has 0 aliphatic heterocycles. The minimum Gasteiger partial charge on any atom is -0.228 e. The number of nitrogens with zero attached hydrogens (tertiary/aromatic N) is 1. The highest BCUT2D eigenvalue weighted by Crippen LogP contribution is 2.27. The van der Waals surface area contributed by atoms with Crippen molar-refractivity contribution in [3.05, 3.63) is 53.9 Å². The smallest absolute Gasteiger partial charge is 0.213 e. The monoisotopic (exact) mass is 283 g/mol. The molecule has 0 aliphatic carbocycles. The molecule has 2 aromatic rings. The number of hydrogen-bond donors (Lipinski definition) is 0. The van der Waals surface area contributed by atoms with Gasteiger partial charge in [0.05, 0.1) is 0 Å². The SMILES string of the molecule is Fc1cc(CBr)c(-c2ccccc2F)cn1. The molecule has 2 rings (SSSR count). The van der Waals surface area contributed by atoms with E-state index in [-0.39, 0.29) is 5.82 Å². The van der Waals surface area contributed by atoms with E-state index in [0.29, 0.717) is 22.0 Å². The predicted molar refractivity (Wildman–Crippen MR) is 62.2 cm³/mol. The third kappa shape index (κ3) is 2.11. The zero-order valence-electron chi connectivity index (χ0n) is 8.25. The predicted octanol–water partition coefficient (Wildman–Crippen LogP) is 3.92. The third-order valence-electron chi connectivity index (χ3n) is 2.26. The molecule has 1 aromatic carbocycles. The fraction of sp³-hybridized carbons (Fsp3) is 0.0833. The quantitative estimate of drug-likeness (QED) is 0.601. The highest BCUT2D eigenvalue weighted by Gasteiger charge is 2.10. The van der Waals surface area contributed by atoms with E-state index in [2.05, 4.69) is 20.9 Å². The maximum atomic E-state index is 13.6. The van der Waals surface area contributed by atoms with E-state index in [0.717, 1.165) is 0 Å². The summed E-state index contributed by atoms with van der Waals surface area (Å²) in [7, 11) is 0. The summed E-state index contributed by atoms with van der Waals surface area (Å²) in [5.74, 6) is -0.896. The molecule has 1 nitrogen and oxygen atoms in total. The molecular weight excluding hydrogens is 276 g/mol. The summed E-state index contributed by atoms with van der Waals surface area (Å²) in [5, 5.41) is 0.454. The summed E-state index contributed by atoms with van der Waals surface area (Å²) in [6, 6.07) is 7.67. The number of pyridine rings is 1. The van der Waals surface area contributed by atoms with Gasteiger partial charge in [-0.3, -0.25) is 0 Å². The first-order valence-electron chi connectivity index (χ1n) is 4.67. The van der Waals surface area contributed by atoms with Crippen LogP contribution in [0.3, 0.4) is 0 Å². The molecule has 1 heterocycles. The Morgan fingerprint density at radius 2 is 1.88 bits per heavy atom. The van der Waals surface area contributed by atoms with Crippen molar-refractivity contribution in [3.63, 3.8) is 0 Å². The topological polar surface area (TPSA) is 12.9 Å². The van der Waals surface area contributed by atoms with Crippen LogP contribution in [-0.2, 0) is 5.33 Å². The second-order valence-corrected chi connectivity index (χ2v) is 3.84. The van der Waals surface area contributed by atoms with Gasteiger partial charge in [0.1, 0.15) is 5.82 Å². The van der Waals surface area contributed by atoms with E-state index in [1.807, 2.05) is 0 Å². The highest BCUT2D eigenvalue weighted by atomic mass is 79.9. The lowest BCUT2D eigenvalue weighted by Gasteiger charge is -2.07. The molecule has 0 saturated carbocycles. The van der Waals surface area contributed by atoms with Crippen LogP contribution in [0.2, 0.25) is 0 Å². The summed E-state index contributed by atoms with van der Waals surface area (Å²) < 4.78 is 26.5. The van der Waals surface area contributed by atoms with Crippen molar-refractivity contribution in [1.29, 1.82) is 0 Å². The van der Waals surface area contributed by atoms with Crippen LogP contribution in [0.5, 0.6) is 0 Å². The number of hydrogen-bond acceptors (Lipinski definition) is 1. The Hall–Kier alpha value is -1.29. The van der Waals surface area contributed by atoms with Crippen molar-refractivity contribution in [2.75, 3.05) is 0 Å². The van der Waals surface area contributed by atoms with Crippen molar-refractivity contribution in [2.24, 2.45) is 0 Å². The molecule has 0 spiro atoms. The number of rotatable bonds is 2. The summed E-state index contributed by atoms with van der Waals surface area (Å²) in [4.78, 5) is 3.55. The first-order valence-corrected chi connectivity index (χ1v) is 5.80. The minimum absolute atomic E-state index is 0.335. The minimum atomic E-state index is -0.561. The first-order chi connectivity index (χ1) is 7.72. The van der Waals surface area contributed by atoms with E-state index in [1.54, 1.807) is 18.2 Å². The molecule has 16 heavy (non-hydrogen) atoms. The maximum Gasteiger partial charge on any atom is 0.213 e. The van der Waals surface area contributed by atoms with Crippen LogP contribution in [0.1, 0.15) is 5.56 Å². The number of aromatic nitrogens is 1. The van der Waals surface area contributed by atoms with Crippen molar-refractivity contribution in [2.45, 2.75) is 5.33 Å². The summed E-state index contributed by atoms with van der Waals surface area (Å²) >= 11 is 3.25. The van der Waals surface area contributed by atoms with Crippen molar-refractivity contribution in [1.82, 2.24) is 4.98 Å². The Morgan fingerprint density at radius 1 is 1.12 bits per heavy atom. The van der Waals surface area contributed by atoms with Gasteiger partial charge >= 0.3 is 0 Å². The molecule has 0 amide bonds. The Bertz CT molecular complexity index is 514. The van der Waals surface area contributed by atoms with Gasteiger partial charge in [-0.25, -0.2) is 9.37 Å². The Labute approximate surface area is 100 Å². The lowest BCUT2D eigenvalue weighted by molar-refractivity contribution is 0.582. The number of benzene rings is 1. The van der Waals surface area contributed by atoms with Gasteiger partial charge < -0.3 is 0 Å². The largest absolute Gasteiger partial charge is 0.228 e. The van der Waals surface area contributed by atoms with Gasteiger partial charge in [0.25, 0.3) is 0 Å². The van der Waals surface area contributed by atoms with Crippen LogP contribution >= 0.6 is 15.9 Å². The van der Waals surface area contributed by atoms with Gasteiger partial charge in [-0.2, -0.15) is 4.39 Å². The average Bonchev–Trinajstić information content (AvgIpc) is 2.30. The van der Waals surface area contributed by atoms with Gasteiger partial charge in [-0.05, 0) is 17.7 Å². The van der Waals surface area contributed by atoms with E-state index in [1.165, 1.54) is 18.3 Å². The first kappa shape index (κ1) is 11.2. The van der Waals surface area contributed by atoms with E-state index in [4.69, 9.17) is 0 Å².